The molecular weight excluding hydrogens is 527 g/mol. The molecule has 1 aromatic carbocycles. The van der Waals surface area contributed by atoms with E-state index in [-0.39, 0.29) is 12.8 Å². The Hall–Kier alpha value is -2.13. The lowest BCUT2D eigenvalue weighted by Crippen LogP contribution is -2.54. The lowest BCUT2D eigenvalue weighted by molar-refractivity contribution is -0.116. The topological polar surface area (TPSA) is 112 Å². The molecule has 10 nitrogen and oxygen atoms in total. The number of sulfonamides is 1. The fourth-order valence-corrected chi connectivity index (χ4v) is 7.92. The molecular formula is C24H34F3N5O5S. The first kappa shape index (κ1) is 27.4. The normalized spacial score (nSPS) is 30.2. The van der Waals surface area contributed by atoms with Gasteiger partial charge in [0.2, 0.25) is 22.4 Å². The third-order valence-electron chi connectivity index (χ3n) is 8.05. The Morgan fingerprint density at radius 3 is 2.71 bits per heavy atom. The van der Waals surface area contributed by atoms with Crippen molar-refractivity contribution in [2.75, 3.05) is 50.2 Å². The fraction of sp³-hybridized carbons (Fsp3) is 0.708. The maximum Gasteiger partial charge on any atom is 0.241 e. The largest absolute Gasteiger partial charge is 0.489 e. The smallest absolute Gasteiger partial charge is 0.241 e. The molecule has 14 heteroatoms. The van der Waals surface area contributed by atoms with Crippen molar-refractivity contribution in [2.45, 2.75) is 55.7 Å². The standard InChI is InChI=1S/C24H34F3N5O5S/c1-31(38(34,35)20-11-14(23(25)26)10-17-22(20)29-30-24(17)27)13-21(33)28-15-2-3-18-19(12-15)37-9-6-32(18)16-4-7-36-8-5-16/h2-3,12,14,16-17,20,22-24,29-30H,4-11,13H2,1H3,(H,28,33). The summed E-state index contributed by atoms with van der Waals surface area (Å²) in [4.78, 5) is 15.1. The van der Waals surface area contributed by atoms with Gasteiger partial charge in [-0.2, -0.15) is 4.31 Å². The van der Waals surface area contributed by atoms with Gasteiger partial charge < -0.3 is 19.7 Å². The Morgan fingerprint density at radius 2 is 1.97 bits per heavy atom. The van der Waals surface area contributed by atoms with Gasteiger partial charge in [0.25, 0.3) is 0 Å². The van der Waals surface area contributed by atoms with E-state index in [1.54, 1.807) is 12.1 Å². The quantitative estimate of drug-likeness (QED) is 0.432. The van der Waals surface area contributed by atoms with Gasteiger partial charge in [-0.15, -0.1) is 0 Å². The third kappa shape index (κ3) is 5.46. The van der Waals surface area contributed by atoms with Crippen LogP contribution < -0.4 is 25.8 Å². The number of hydrogen-bond donors (Lipinski definition) is 3. The maximum absolute atomic E-state index is 14.3. The van der Waals surface area contributed by atoms with E-state index < -0.39 is 58.3 Å². The molecule has 38 heavy (non-hydrogen) atoms. The first-order chi connectivity index (χ1) is 18.1. The first-order valence-corrected chi connectivity index (χ1v) is 14.4. The lowest BCUT2D eigenvalue weighted by atomic mass is 9.78. The zero-order valence-corrected chi connectivity index (χ0v) is 21.9. The number of nitrogens with one attached hydrogen (secondary N) is 3. The van der Waals surface area contributed by atoms with Crippen molar-refractivity contribution >= 4 is 27.3 Å². The van der Waals surface area contributed by atoms with Crippen LogP contribution in [0.3, 0.4) is 0 Å². The van der Waals surface area contributed by atoms with Crippen LogP contribution in [0, 0.1) is 11.8 Å². The number of alkyl halides is 3. The Bertz CT molecular complexity index is 1120. The first-order valence-electron chi connectivity index (χ1n) is 12.9. The van der Waals surface area contributed by atoms with Gasteiger partial charge in [-0.1, -0.05) is 0 Å². The molecule has 0 aromatic heterocycles. The summed E-state index contributed by atoms with van der Waals surface area (Å²) in [6.45, 7) is 2.18. The van der Waals surface area contributed by atoms with Crippen LogP contribution in [0.4, 0.5) is 24.5 Å². The summed E-state index contributed by atoms with van der Waals surface area (Å²) in [5, 5.41) is 1.41. The molecule has 5 atom stereocenters. The van der Waals surface area contributed by atoms with Crippen LogP contribution in [0.2, 0.25) is 0 Å². The van der Waals surface area contributed by atoms with Crippen molar-refractivity contribution in [2.24, 2.45) is 11.8 Å². The maximum atomic E-state index is 14.3. The molecule has 0 spiro atoms. The van der Waals surface area contributed by atoms with Crippen molar-refractivity contribution in [1.29, 1.82) is 0 Å². The predicted molar refractivity (Wildman–Crippen MR) is 134 cm³/mol. The van der Waals surface area contributed by atoms with E-state index in [1.807, 2.05) is 6.07 Å². The van der Waals surface area contributed by atoms with Gasteiger partial charge in [0.05, 0.1) is 24.0 Å². The molecule has 1 aromatic rings. The number of hydrogen-bond acceptors (Lipinski definition) is 8. The van der Waals surface area contributed by atoms with Crippen molar-refractivity contribution < 1.29 is 35.9 Å². The number of rotatable bonds is 7. The molecule has 1 amide bonds. The Kier molecular flexibility index (Phi) is 8.06. The number of hydrazine groups is 1. The second-order valence-electron chi connectivity index (χ2n) is 10.4. The summed E-state index contributed by atoms with van der Waals surface area (Å²) in [7, 11) is -2.97. The predicted octanol–water partition coefficient (Wildman–Crippen LogP) is 1.70. The van der Waals surface area contributed by atoms with Crippen LogP contribution >= 0.6 is 0 Å². The molecule has 212 valence electrons. The molecule has 0 radical (unpaired) electrons. The van der Waals surface area contributed by atoms with Crippen LogP contribution in [-0.2, 0) is 19.6 Å². The van der Waals surface area contributed by atoms with Crippen molar-refractivity contribution in [1.82, 2.24) is 15.2 Å². The van der Waals surface area contributed by atoms with E-state index in [1.165, 1.54) is 7.05 Å². The average Bonchev–Trinajstić information content (AvgIpc) is 3.28. The summed E-state index contributed by atoms with van der Waals surface area (Å²) in [6.07, 6.45) is -2.97. The number of carbonyl (C=O) groups is 1. The molecule has 5 unspecified atom stereocenters. The molecule has 5 rings (SSSR count). The average molecular weight is 562 g/mol. The van der Waals surface area contributed by atoms with Gasteiger partial charge in [-0.3, -0.25) is 10.2 Å². The highest BCUT2D eigenvalue weighted by Crippen LogP contribution is 2.41. The molecule has 2 saturated heterocycles. The van der Waals surface area contributed by atoms with Gasteiger partial charge in [-0.05, 0) is 37.8 Å². The molecule has 3 heterocycles. The van der Waals surface area contributed by atoms with Gasteiger partial charge >= 0.3 is 0 Å². The van der Waals surface area contributed by atoms with Crippen molar-refractivity contribution in [3.63, 3.8) is 0 Å². The number of benzene rings is 1. The summed E-state index contributed by atoms with van der Waals surface area (Å²) in [5.41, 5.74) is 6.35. The van der Waals surface area contributed by atoms with Crippen LogP contribution in [0.25, 0.3) is 0 Å². The van der Waals surface area contributed by atoms with E-state index in [0.717, 1.165) is 29.4 Å². The number of halogens is 3. The molecule has 0 bridgehead atoms. The number of nitrogens with zero attached hydrogens (tertiary/aromatic N) is 2. The van der Waals surface area contributed by atoms with E-state index in [0.29, 0.717) is 37.3 Å². The SMILES string of the molecule is CN(CC(=O)Nc1ccc2c(c1)OCCN2C1CCOCC1)S(=O)(=O)C1CC(C(F)F)CC2C(F)NNC21. The van der Waals surface area contributed by atoms with Crippen LogP contribution in [0.15, 0.2) is 18.2 Å². The van der Waals surface area contributed by atoms with Crippen LogP contribution in [-0.4, -0.2) is 88.6 Å². The van der Waals surface area contributed by atoms with E-state index in [4.69, 9.17) is 9.47 Å². The molecule has 4 aliphatic rings. The summed E-state index contributed by atoms with van der Waals surface area (Å²) in [6, 6.07) is 4.81. The number of fused-ring (bicyclic) bond motifs is 2. The highest BCUT2D eigenvalue weighted by molar-refractivity contribution is 7.89. The monoisotopic (exact) mass is 561 g/mol. The lowest BCUT2D eigenvalue weighted by Gasteiger charge is -2.39. The van der Waals surface area contributed by atoms with E-state index in [2.05, 4.69) is 21.1 Å². The molecule has 3 fully saturated rings. The highest BCUT2D eigenvalue weighted by Gasteiger charge is 2.53. The zero-order chi connectivity index (χ0) is 27.0. The minimum Gasteiger partial charge on any atom is -0.489 e. The Balaban J connectivity index is 1.24. The van der Waals surface area contributed by atoms with Crippen molar-refractivity contribution in [3.05, 3.63) is 18.2 Å². The highest BCUT2D eigenvalue weighted by atomic mass is 32.2. The second-order valence-corrected chi connectivity index (χ2v) is 12.7. The summed E-state index contributed by atoms with van der Waals surface area (Å²) in [5.74, 6) is -2.10. The third-order valence-corrected chi connectivity index (χ3v) is 10.3. The molecule has 3 N–H and O–H groups in total. The van der Waals surface area contributed by atoms with Gasteiger partial charge in [0.15, 0.2) is 6.30 Å². The van der Waals surface area contributed by atoms with Crippen LogP contribution in [0.1, 0.15) is 25.7 Å². The van der Waals surface area contributed by atoms with E-state index in [9.17, 15) is 26.4 Å². The second kappa shape index (κ2) is 11.2. The Labute approximate surface area is 220 Å². The summed E-state index contributed by atoms with van der Waals surface area (Å²) < 4.78 is 80.1. The number of amides is 1. The minimum atomic E-state index is -4.20. The van der Waals surface area contributed by atoms with Gasteiger partial charge in [0.1, 0.15) is 12.4 Å². The van der Waals surface area contributed by atoms with Gasteiger partial charge in [0, 0.05) is 55.9 Å². The minimum absolute atomic E-state index is 0.119. The fourth-order valence-electron chi connectivity index (χ4n) is 6.03. The number of likely N-dealkylation sites (N-methyl/N-ethyl adjacent to an activating group) is 1. The van der Waals surface area contributed by atoms with Gasteiger partial charge in [-0.25, -0.2) is 27.0 Å². The van der Waals surface area contributed by atoms with Crippen molar-refractivity contribution in [3.8, 4) is 5.75 Å². The molecule has 1 aliphatic carbocycles. The van der Waals surface area contributed by atoms with E-state index >= 15 is 0 Å². The Morgan fingerprint density at radius 1 is 1.21 bits per heavy atom. The number of anilines is 2. The number of carbonyl (C=O) groups excluding carboxylic acids is 1. The zero-order valence-electron chi connectivity index (χ0n) is 21.1. The van der Waals surface area contributed by atoms with Crippen LogP contribution in [0.5, 0.6) is 5.75 Å². The summed E-state index contributed by atoms with van der Waals surface area (Å²) >= 11 is 0. The molecule has 1 saturated carbocycles. The number of ether oxygens (including phenoxy) is 2. The molecule has 3 aliphatic heterocycles.